The number of rotatable bonds is 3. The predicted molar refractivity (Wildman–Crippen MR) is 148 cm³/mol. The first kappa shape index (κ1) is 22.1. The highest BCUT2D eigenvalue weighted by Crippen LogP contribution is 2.37. The van der Waals surface area contributed by atoms with Crippen molar-refractivity contribution in [2.75, 3.05) is 0 Å². The van der Waals surface area contributed by atoms with Gasteiger partial charge in [0.05, 0.1) is 22.1 Å². The Kier molecular flexibility index (Phi) is 5.11. The average Bonchev–Trinajstić information content (AvgIpc) is 3.32. The number of nitrogens with one attached hydrogen (secondary N) is 1. The molecule has 0 atom stereocenters. The Hall–Kier alpha value is -4.44. The molecule has 176 valence electrons. The number of benzene rings is 4. The van der Waals surface area contributed by atoms with Gasteiger partial charge in [0.25, 0.3) is 0 Å². The lowest BCUT2D eigenvalue weighted by atomic mass is 9.84. The molecule has 0 amide bonds. The molecule has 0 saturated heterocycles. The Morgan fingerprint density at radius 1 is 0.694 bits per heavy atom. The maximum Gasteiger partial charge on any atom is 0.142 e. The second-order valence-electron chi connectivity index (χ2n) is 10.2. The van der Waals surface area contributed by atoms with Crippen molar-refractivity contribution < 1.29 is 5.11 Å². The molecule has 0 aliphatic heterocycles. The van der Waals surface area contributed by atoms with Gasteiger partial charge in [-0.2, -0.15) is 0 Å². The number of para-hydroxylation sites is 2. The van der Waals surface area contributed by atoms with Gasteiger partial charge in [-0.1, -0.05) is 69.3 Å². The number of pyridine rings is 1. The van der Waals surface area contributed by atoms with E-state index in [-0.39, 0.29) is 11.2 Å². The smallest absolute Gasteiger partial charge is 0.142 e. The summed E-state index contributed by atoms with van der Waals surface area (Å²) >= 11 is 0. The van der Waals surface area contributed by atoms with Gasteiger partial charge in [0.1, 0.15) is 11.6 Å². The third-order valence-corrected chi connectivity index (χ3v) is 6.73. The Morgan fingerprint density at radius 2 is 1.44 bits per heavy atom. The van der Waals surface area contributed by atoms with Crippen molar-refractivity contribution in [2.24, 2.45) is 0 Å². The van der Waals surface area contributed by atoms with Crippen molar-refractivity contribution in [3.05, 3.63) is 103 Å². The first-order valence-corrected chi connectivity index (χ1v) is 12.2. The first-order valence-electron chi connectivity index (χ1n) is 12.2. The summed E-state index contributed by atoms with van der Waals surface area (Å²) in [6, 6.07) is 30.7. The van der Waals surface area contributed by atoms with Crippen molar-refractivity contribution >= 4 is 21.9 Å². The van der Waals surface area contributed by atoms with Crippen LogP contribution in [0, 0.1) is 0 Å². The average molecular weight is 470 g/mol. The van der Waals surface area contributed by atoms with E-state index in [1.165, 1.54) is 5.56 Å². The third-order valence-electron chi connectivity index (χ3n) is 6.73. The molecule has 2 heterocycles. The van der Waals surface area contributed by atoms with Crippen LogP contribution in [0.25, 0.3) is 55.6 Å². The van der Waals surface area contributed by atoms with Gasteiger partial charge in [-0.15, -0.1) is 0 Å². The number of aromatic nitrogens is 3. The van der Waals surface area contributed by atoms with E-state index in [2.05, 4.69) is 74.3 Å². The van der Waals surface area contributed by atoms with Crippen molar-refractivity contribution in [1.29, 1.82) is 0 Å². The molecule has 0 aliphatic rings. The SMILES string of the molecule is CC(C)(C)c1cc(-c2cccc(-c3cccc4[nH]c(-c5ccccc5O)nc34)c2)c2ncccc2c1. The third kappa shape index (κ3) is 3.81. The monoisotopic (exact) mass is 469 g/mol. The van der Waals surface area contributed by atoms with Gasteiger partial charge >= 0.3 is 0 Å². The van der Waals surface area contributed by atoms with Crippen LogP contribution in [0.3, 0.4) is 0 Å². The quantitative estimate of drug-likeness (QED) is 0.275. The van der Waals surface area contributed by atoms with Crippen LogP contribution in [0.2, 0.25) is 0 Å². The molecule has 4 aromatic carbocycles. The fourth-order valence-corrected chi connectivity index (χ4v) is 4.77. The molecular formula is C32H27N3O. The number of hydrogen-bond donors (Lipinski definition) is 2. The Balaban J connectivity index is 1.52. The van der Waals surface area contributed by atoms with Gasteiger partial charge in [-0.25, -0.2) is 4.98 Å². The maximum absolute atomic E-state index is 10.3. The van der Waals surface area contributed by atoms with Gasteiger partial charge < -0.3 is 10.1 Å². The molecule has 0 saturated carbocycles. The predicted octanol–water partition coefficient (Wildman–Crippen LogP) is 8.12. The molecule has 0 unspecified atom stereocenters. The van der Waals surface area contributed by atoms with E-state index >= 15 is 0 Å². The number of phenols is 1. The summed E-state index contributed by atoms with van der Waals surface area (Å²) in [5.41, 5.74) is 9.17. The number of nitrogens with zero attached hydrogens (tertiary/aromatic N) is 2. The van der Waals surface area contributed by atoms with Gasteiger partial charge in [0.2, 0.25) is 0 Å². The van der Waals surface area contributed by atoms with E-state index in [9.17, 15) is 5.11 Å². The molecular weight excluding hydrogens is 442 g/mol. The Morgan fingerprint density at radius 3 is 2.25 bits per heavy atom. The lowest BCUT2D eigenvalue weighted by molar-refractivity contribution is 0.477. The molecule has 0 bridgehead atoms. The van der Waals surface area contributed by atoms with Crippen molar-refractivity contribution in [3.8, 4) is 39.4 Å². The van der Waals surface area contributed by atoms with Crippen LogP contribution in [0.15, 0.2) is 97.2 Å². The number of aromatic hydroxyl groups is 1. The number of H-pyrrole nitrogens is 1. The molecule has 0 spiro atoms. The zero-order chi connectivity index (χ0) is 24.9. The largest absolute Gasteiger partial charge is 0.507 e. The van der Waals surface area contributed by atoms with Crippen LogP contribution < -0.4 is 0 Å². The fourth-order valence-electron chi connectivity index (χ4n) is 4.77. The summed E-state index contributed by atoms with van der Waals surface area (Å²) in [6.07, 6.45) is 1.86. The highest BCUT2D eigenvalue weighted by molar-refractivity contribution is 5.98. The van der Waals surface area contributed by atoms with Crippen LogP contribution in [0.4, 0.5) is 0 Å². The maximum atomic E-state index is 10.3. The fraction of sp³-hybridized carbons (Fsp3) is 0.125. The van der Waals surface area contributed by atoms with Crippen molar-refractivity contribution in [1.82, 2.24) is 15.0 Å². The number of aromatic amines is 1. The van der Waals surface area contributed by atoms with Crippen molar-refractivity contribution in [2.45, 2.75) is 26.2 Å². The zero-order valence-electron chi connectivity index (χ0n) is 20.6. The van der Waals surface area contributed by atoms with E-state index in [0.717, 1.165) is 44.2 Å². The molecule has 0 radical (unpaired) electrons. The molecule has 0 fully saturated rings. The van der Waals surface area contributed by atoms with Crippen LogP contribution >= 0.6 is 0 Å². The number of fused-ring (bicyclic) bond motifs is 2. The van der Waals surface area contributed by atoms with Gasteiger partial charge in [0, 0.05) is 22.7 Å². The van der Waals surface area contributed by atoms with Gasteiger partial charge in [0.15, 0.2) is 0 Å². The number of imidazole rings is 1. The minimum Gasteiger partial charge on any atom is -0.507 e. The lowest BCUT2D eigenvalue weighted by Gasteiger charge is -2.21. The molecule has 36 heavy (non-hydrogen) atoms. The minimum absolute atomic E-state index is 0.0242. The normalized spacial score (nSPS) is 11.9. The minimum atomic E-state index is 0.0242. The summed E-state index contributed by atoms with van der Waals surface area (Å²) < 4.78 is 0. The van der Waals surface area contributed by atoms with E-state index in [4.69, 9.17) is 9.97 Å². The standard InChI is InChI=1S/C32H27N3O/c1-32(2,3)23-18-22-11-8-16-33-29(22)26(19-23)21-10-6-9-20(17-21)24-13-7-14-27-30(24)35-31(34-27)25-12-4-5-15-28(25)36/h4-19,36H,1-3H3,(H,34,35). The highest BCUT2D eigenvalue weighted by Gasteiger charge is 2.18. The molecule has 4 nitrogen and oxygen atoms in total. The Labute approximate surface area is 210 Å². The van der Waals surface area contributed by atoms with Crippen molar-refractivity contribution in [3.63, 3.8) is 0 Å². The second kappa shape index (κ2) is 8.35. The van der Waals surface area contributed by atoms with Crippen LogP contribution in [0.5, 0.6) is 5.75 Å². The van der Waals surface area contributed by atoms with Crippen LogP contribution in [0.1, 0.15) is 26.3 Å². The molecule has 6 rings (SSSR count). The topological polar surface area (TPSA) is 61.8 Å². The summed E-state index contributed by atoms with van der Waals surface area (Å²) in [6.45, 7) is 6.72. The second-order valence-corrected chi connectivity index (χ2v) is 10.2. The molecule has 6 aromatic rings. The first-order chi connectivity index (χ1) is 17.4. The van der Waals surface area contributed by atoms with Gasteiger partial charge in [-0.3, -0.25) is 4.98 Å². The van der Waals surface area contributed by atoms with Gasteiger partial charge in [-0.05, 0) is 64.6 Å². The summed E-state index contributed by atoms with van der Waals surface area (Å²) in [5, 5.41) is 11.5. The summed E-state index contributed by atoms with van der Waals surface area (Å²) in [5.74, 6) is 0.859. The van der Waals surface area contributed by atoms with Crippen LogP contribution in [-0.4, -0.2) is 20.1 Å². The number of hydrogen-bond acceptors (Lipinski definition) is 3. The van der Waals surface area contributed by atoms with E-state index < -0.39 is 0 Å². The summed E-state index contributed by atoms with van der Waals surface area (Å²) in [4.78, 5) is 13.0. The number of phenolic OH excluding ortho intramolecular Hbond substituents is 1. The van der Waals surface area contributed by atoms with Crippen LogP contribution in [-0.2, 0) is 5.41 Å². The van der Waals surface area contributed by atoms with E-state index in [1.807, 2.05) is 42.6 Å². The molecule has 2 aromatic heterocycles. The summed E-state index contributed by atoms with van der Waals surface area (Å²) in [7, 11) is 0. The lowest BCUT2D eigenvalue weighted by Crippen LogP contribution is -2.11. The molecule has 0 aliphatic carbocycles. The molecule has 2 N–H and O–H groups in total. The van der Waals surface area contributed by atoms with E-state index in [0.29, 0.717) is 11.4 Å². The zero-order valence-corrected chi connectivity index (χ0v) is 20.6. The molecule has 4 heteroatoms. The Bertz CT molecular complexity index is 1740. The highest BCUT2D eigenvalue weighted by atomic mass is 16.3. The van der Waals surface area contributed by atoms with E-state index in [1.54, 1.807) is 6.07 Å².